The molecule has 0 aliphatic carbocycles. The maximum absolute atomic E-state index is 12.5. The molecule has 0 amide bonds. The van der Waals surface area contributed by atoms with E-state index in [9.17, 15) is 23.4 Å². The van der Waals surface area contributed by atoms with Crippen LogP contribution in [-0.4, -0.2) is 21.1 Å². The van der Waals surface area contributed by atoms with Crippen molar-refractivity contribution in [3.63, 3.8) is 0 Å². The molecule has 0 saturated carbocycles. The van der Waals surface area contributed by atoms with E-state index in [4.69, 9.17) is 0 Å². The van der Waals surface area contributed by atoms with E-state index in [0.29, 0.717) is 22.9 Å². The summed E-state index contributed by atoms with van der Waals surface area (Å²) in [6.45, 7) is 4.09. The second-order valence-electron chi connectivity index (χ2n) is 6.40. The first-order valence-electron chi connectivity index (χ1n) is 8.26. The van der Waals surface area contributed by atoms with E-state index in [1.165, 1.54) is 28.8 Å². The number of halogens is 3. The van der Waals surface area contributed by atoms with E-state index >= 15 is 0 Å². The Bertz CT molecular complexity index is 944. The Labute approximate surface area is 154 Å². The molecule has 3 rings (SSSR count). The lowest BCUT2D eigenvalue weighted by atomic mass is 10.0. The maximum Gasteiger partial charge on any atom is 0.573 e. The number of aromatic nitrogens is 1. The molecule has 1 aromatic heterocycles. The molecule has 0 atom stereocenters. The molecule has 0 unspecified atom stereocenters. The number of nitrogens with zero attached hydrogens (tertiary/aromatic N) is 1. The maximum atomic E-state index is 12.5. The Hall–Kier alpha value is -3.09. The van der Waals surface area contributed by atoms with Crippen LogP contribution >= 0.6 is 0 Å². The Morgan fingerprint density at radius 2 is 1.63 bits per heavy atom. The van der Waals surface area contributed by atoms with E-state index in [1.807, 2.05) is 26.0 Å². The second kappa shape index (κ2) is 6.90. The summed E-state index contributed by atoms with van der Waals surface area (Å²) in [6, 6.07) is 14.0. The molecule has 7 heteroatoms. The van der Waals surface area contributed by atoms with Crippen molar-refractivity contribution in [1.82, 2.24) is 4.57 Å². The molecular formula is C20H18F3NO3. The Morgan fingerprint density at radius 3 is 2.22 bits per heavy atom. The third kappa shape index (κ3) is 4.02. The Morgan fingerprint density at radius 1 is 0.963 bits per heavy atom. The van der Waals surface area contributed by atoms with Gasteiger partial charge < -0.3 is 14.9 Å². The summed E-state index contributed by atoms with van der Waals surface area (Å²) >= 11 is 0. The largest absolute Gasteiger partial charge is 0.573 e. The average molecular weight is 377 g/mol. The van der Waals surface area contributed by atoms with Gasteiger partial charge in [-0.3, -0.25) is 4.57 Å². The van der Waals surface area contributed by atoms with Crippen LogP contribution in [0.15, 0.2) is 54.6 Å². The molecule has 1 heterocycles. The fraction of sp³-hybridized carbons (Fsp3) is 0.200. The van der Waals surface area contributed by atoms with Gasteiger partial charge in [0.1, 0.15) is 5.75 Å². The molecule has 0 aliphatic rings. The average Bonchev–Trinajstić information content (AvgIpc) is 2.89. The van der Waals surface area contributed by atoms with Crippen LogP contribution in [-0.2, 0) is 0 Å². The van der Waals surface area contributed by atoms with Crippen LogP contribution in [0.1, 0.15) is 25.3 Å². The predicted octanol–water partition coefficient (Wildman–Crippen LogP) is 5.58. The van der Waals surface area contributed by atoms with Crippen molar-refractivity contribution in [2.75, 3.05) is 0 Å². The third-order valence-electron chi connectivity index (χ3n) is 4.14. The van der Waals surface area contributed by atoms with Gasteiger partial charge in [0.05, 0.1) is 5.69 Å². The number of hydrogen-bond acceptors (Lipinski definition) is 3. The van der Waals surface area contributed by atoms with Gasteiger partial charge in [-0.1, -0.05) is 38.1 Å². The minimum atomic E-state index is -4.81. The highest BCUT2D eigenvalue weighted by molar-refractivity contribution is 5.69. The molecule has 4 nitrogen and oxygen atoms in total. The molecule has 0 spiro atoms. The van der Waals surface area contributed by atoms with Gasteiger partial charge in [0.15, 0.2) is 5.75 Å². The van der Waals surface area contributed by atoms with Crippen LogP contribution in [0, 0.1) is 0 Å². The van der Waals surface area contributed by atoms with Crippen molar-refractivity contribution < 1.29 is 28.1 Å². The number of aromatic hydroxyl groups is 2. The summed E-state index contributed by atoms with van der Waals surface area (Å²) in [7, 11) is 0. The quantitative estimate of drug-likeness (QED) is 0.624. The molecule has 2 N–H and O–H groups in total. The van der Waals surface area contributed by atoms with E-state index in [-0.39, 0.29) is 11.5 Å². The first-order chi connectivity index (χ1) is 12.7. The highest BCUT2D eigenvalue weighted by atomic mass is 19.4. The van der Waals surface area contributed by atoms with Crippen molar-refractivity contribution in [3.8, 4) is 34.3 Å². The number of ether oxygens (including phenoxy) is 1. The molecule has 142 valence electrons. The van der Waals surface area contributed by atoms with Crippen LogP contribution in [0.2, 0.25) is 0 Å². The monoisotopic (exact) mass is 377 g/mol. The summed E-state index contributed by atoms with van der Waals surface area (Å²) in [6.07, 6.45) is -4.81. The van der Waals surface area contributed by atoms with Crippen molar-refractivity contribution in [2.45, 2.75) is 26.1 Å². The van der Waals surface area contributed by atoms with Gasteiger partial charge in [0, 0.05) is 17.3 Å². The summed E-state index contributed by atoms with van der Waals surface area (Å²) in [4.78, 5) is 0. The van der Waals surface area contributed by atoms with Crippen molar-refractivity contribution in [2.24, 2.45) is 0 Å². The Balaban J connectivity index is 2.08. The topological polar surface area (TPSA) is 54.6 Å². The predicted molar refractivity (Wildman–Crippen MR) is 95.3 cm³/mol. The van der Waals surface area contributed by atoms with Gasteiger partial charge in [0.25, 0.3) is 0 Å². The number of benzene rings is 2. The lowest BCUT2D eigenvalue weighted by molar-refractivity contribution is -0.274. The molecule has 0 fully saturated rings. The lowest BCUT2D eigenvalue weighted by Crippen LogP contribution is -2.17. The van der Waals surface area contributed by atoms with E-state index in [2.05, 4.69) is 4.74 Å². The highest BCUT2D eigenvalue weighted by Gasteiger charge is 2.31. The van der Waals surface area contributed by atoms with Gasteiger partial charge in [-0.2, -0.15) is 0 Å². The zero-order chi connectivity index (χ0) is 19.8. The van der Waals surface area contributed by atoms with E-state index < -0.39 is 12.2 Å². The van der Waals surface area contributed by atoms with Gasteiger partial charge in [-0.05, 0) is 35.7 Å². The van der Waals surface area contributed by atoms with Gasteiger partial charge in [0.2, 0.25) is 5.88 Å². The minimum Gasteiger partial charge on any atom is -0.503 e. The zero-order valence-electron chi connectivity index (χ0n) is 14.7. The van der Waals surface area contributed by atoms with Gasteiger partial charge >= 0.3 is 6.36 Å². The first kappa shape index (κ1) is 18.7. The van der Waals surface area contributed by atoms with E-state index in [0.717, 1.165) is 5.56 Å². The van der Waals surface area contributed by atoms with Gasteiger partial charge in [-0.25, -0.2) is 0 Å². The summed E-state index contributed by atoms with van der Waals surface area (Å²) in [5.41, 5.74) is 2.33. The fourth-order valence-corrected chi connectivity index (χ4v) is 2.82. The first-order valence-corrected chi connectivity index (χ1v) is 8.26. The number of rotatable bonds is 4. The van der Waals surface area contributed by atoms with E-state index in [1.54, 1.807) is 18.2 Å². The van der Waals surface area contributed by atoms with Crippen LogP contribution in [0.25, 0.3) is 16.9 Å². The number of alkyl halides is 3. The highest BCUT2D eigenvalue weighted by Crippen LogP contribution is 2.39. The molecule has 2 aromatic carbocycles. The molecule has 0 saturated heterocycles. The van der Waals surface area contributed by atoms with Crippen LogP contribution in [0.4, 0.5) is 13.2 Å². The second-order valence-corrected chi connectivity index (χ2v) is 6.40. The van der Waals surface area contributed by atoms with Crippen molar-refractivity contribution in [1.29, 1.82) is 0 Å². The van der Waals surface area contributed by atoms with Crippen molar-refractivity contribution in [3.05, 3.63) is 60.2 Å². The molecular weight excluding hydrogens is 359 g/mol. The fourth-order valence-electron chi connectivity index (χ4n) is 2.82. The summed E-state index contributed by atoms with van der Waals surface area (Å²) < 4.78 is 42.8. The van der Waals surface area contributed by atoms with Crippen molar-refractivity contribution >= 4 is 0 Å². The van der Waals surface area contributed by atoms with Crippen LogP contribution in [0.5, 0.6) is 17.4 Å². The molecule has 0 radical (unpaired) electrons. The molecule has 27 heavy (non-hydrogen) atoms. The smallest absolute Gasteiger partial charge is 0.503 e. The SMILES string of the molecule is CC(C)c1ccc(-n2c(-c3cccc(OC(F)(F)F)c3)cc(O)c2O)cc1. The molecule has 0 aliphatic heterocycles. The van der Waals surface area contributed by atoms with Crippen LogP contribution < -0.4 is 4.74 Å². The standard InChI is InChI=1S/C20H18F3NO3/c1-12(2)13-6-8-15(9-7-13)24-17(11-18(25)19(24)26)14-4-3-5-16(10-14)27-20(21,22)23/h3-12,25-26H,1-2H3. The molecule has 3 aromatic rings. The Kier molecular flexibility index (Phi) is 4.78. The normalized spacial score (nSPS) is 11.8. The minimum absolute atomic E-state index is 0.321. The lowest BCUT2D eigenvalue weighted by Gasteiger charge is -2.14. The third-order valence-corrected chi connectivity index (χ3v) is 4.14. The zero-order valence-corrected chi connectivity index (χ0v) is 14.7. The van der Waals surface area contributed by atoms with Crippen LogP contribution in [0.3, 0.4) is 0 Å². The summed E-state index contributed by atoms with van der Waals surface area (Å²) in [5, 5.41) is 20.2. The summed E-state index contributed by atoms with van der Waals surface area (Å²) in [5.74, 6) is -0.840. The molecule has 0 bridgehead atoms. The van der Waals surface area contributed by atoms with Gasteiger partial charge in [-0.15, -0.1) is 13.2 Å². The number of hydrogen-bond donors (Lipinski definition) is 2.